The first kappa shape index (κ1) is 16.2. The topological polar surface area (TPSA) is 50.7 Å². The lowest BCUT2D eigenvalue weighted by Crippen LogP contribution is -2.41. The summed E-state index contributed by atoms with van der Waals surface area (Å²) >= 11 is 6.58. The molecule has 4 nitrogen and oxygen atoms in total. The van der Waals surface area contributed by atoms with E-state index < -0.39 is 0 Å². The summed E-state index contributed by atoms with van der Waals surface area (Å²) in [6, 6.07) is 15.9. The maximum atomic E-state index is 6.58. The first-order chi connectivity index (χ1) is 12.3. The van der Waals surface area contributed by atoms with Crippen molar-refractivity contribution >= 4 is 11.6 Å². The van der Waals surface area contributed by atoms with Crippen LogP contribution in [0, 0.1) is 0 Å². The third kappa shape index (κ3) is 3.03. The van der Waals surface area contributed by atoms with E-state index in [9.17, 15) is 0 Å². The Morgan fingerprint density at radius 3 is 2.44 bits per heavy atom. The first-order valence-corrected chi connectivity index (χ1v) is 8.88. The summed E-state index contributed by atoms with van der Waals surface area (Å²) in [7, 11) is 0. The minimum Gasteiger partial charge on any atom is -0.317 e. The number of nitrogens with zero attached hydrogens (tertiary/aromatic N) is 3. The Kier molecular flexibility index (Phi) is 4.47. The van der Waals surface area contributed by atoms with Gasteiger partial charge in [0.05, 0.1) is 5.69 Å². The Labute approximate surface area is 152 Å². The van der Waals surface area contributed by atoms with Gasteiger partial charge in [-0.1, -0.05) is 35.9 Å². The van der Waals surface area contributed by atoms with E-state index in [4.69, 9.17) is 16.6 Å². The van der Waals surface area contributed by atoms with Gasteiger partial charge in [-0.15, -0.1) is 0 Å². The number of piperidine rings is 1. The molecule has 0 bridgehead atoms. The summed E-state index contributed by atoms with van der Waals surface area (Å²) in [6.45, 7) is 1.88. The third-order valence-electron chi connectivity index (χ3n) is 4.89. The van der Waals surface area contributed by atoms with Crippen molar-refractivity contribution in [3.63, 3.8) is 0 Å². The predicted molar refractivity (Wildman–Crippen MR) is 99.6 cm³/mol. The van der Waals surface area contributed by atoms with Crippen LogP contribution in [0.2, 0.25) is 5.02 Å². The summed E-state index contributed by atoms with van der Waals surface area (Å²) in [4.78, 5) is 13.7. The van der Waals surface area contributed by atoms with Gasteiger partial charge in [-0.05, 0) is 55.8 Å². The second-order valence-corrected chi connectivity index (χ2v) is 6.70. The van der Waals surface area contributed by atoms with Gasteiger partial charge in [0.1, 0.15) is 5.69 Å². The molecule has 0 spiro atoms. The predicted octanol–water partition coefficient (Wildman–Crippen LogP) is 3.86. The molecular weight excluding hydrogens is 332 g/mol. The van der Waals surface area contributed by atoms with E-state index in [0.29, 0.717) is 5.82 Å². The van der Waals surface area contributed by atoms with E-state index in [2.05, 4.69) is 21.4 Å². The molecule has 1 saturated heterocycles. The molecule has 126 valence electrons. The Bertz CT molecular complexity index is 860. The SMILES string of the molecule is Clc1ccccc1C1(c2ccnc(-c3ccccn3)n2)CCNCC1. The van der Waals surface area contributed by atoms with E-state index in [1.807, 2.05) is 48.7 Å². The fourth-order valence-electron chi connectivity index (χ4n) is 3.61. The van der Waals surface area contributed by atoms with Crippen molar-refractivity contribution in [3.8, 4) is 11.5 Å². The molecule has 1 fully saturated rings. The maximum Gasteiger partial charge on any atom is 0.178 e. The normalized spacial score (nSPS) is 16.5. The molecule has 0 saturated carbocycles. The lowest BCUT2D eigenvalue weighted by Gasteiger charge is -2.38. The van der Waals surface area contributed by atoms with Gasteiger partial charge >= 0.3 is 0 Å². The quantitative estimate of drug-likeness (QED) is 0.779. The second-order valence-electron chi connectivity index (χ2n) is 6.29. The lowest BCUT2D eigenvalue weighted by molar-refractivity contribution is 0.354. The molecule has 3 aromatic rings. The van der Waals surface area contributed by atoms with Crippen LogP contribution in [0.5, 0.6) is 0 Å². The summed E-state index contributed by atoms with van der Waals surface area (Å²) in [6.07, 6.45) is 5.50. The molecular formula is C20H19ClN4. The Hall–Kier alpha value is -2.30. The Balaban J connectivity index is 1.85. The van der Waals surface area contributed by atoms with Crippen LogP contribution in [0.25, 0.3) is 11.5 Å². The van der Waals surface area contributed by atoms with Crippen molar-refractivity contribution in [1.29, 1.82) is 0 Å². The molecule has 0 radical (unpaired) electrons. The van der Waals surface area contributed by atoms with Crippen LogP contribution in [0.4, 0.5) is 0 Å². The zero-order chi connectivity index (χ0) is 17.1. The van der Waals surface area contributed by atoms with E-state index in [0.717, 1.165) is 47.9 Å². The van der Waals surface area contributed by atoms with Crippen molar-refractivity contribution in [2.75, 3.05) is 13.1 Å². The van der Waals surface area contributed by atoms with E-state index in [1.54, 1.807) is 6.20 Å². The van der Waals surface area contributed by atoms with Crippen LogP contribution in [-0.2, 0) is 5.41 Å². The van der Waals surface area contributed by atoms with Crippen molar-refractivity contribution in [3.05, 3.63) is 77.2 Å². The number of benzene rings is 1. The molecule has 1 N–H and O–H groups in total. The molecule has 0 aliphatic carbocycles. The lowest BCUT2D eigenvalue weighted by atomic mass is 9.70. The molecule has 1 aliphatic heterocycles. The number of hydrogen-bond donors (Lipinski definition) is 1. The summed E-state index contributed by atoms with van der Waals surface area (Å²) in [5.74, 6) is 0.656. The number of pyridine rings is 1. The molecule has 0 amide bonds. The number of halogens is 1. The second kappa shape index (κ2) is 6.90. The highest BCUT2D eigenvalue weighted by atomic mass is 35.5. The average Bonchev–Trinajstić information content (AvgIpc) is 2.70. The number of rotatable bonds is 3. The van der Waals surface area contributed by atoms with Gasteiger partial charge in [-0.25, -0.2) is 9.97 Å². The van der Waals surface area contributed by atoms with Crippen molar-refractivity contribution in [2.45, 2.75) is 18.3 Å². The van der Waals surface area contributed by atoms with Crippen molar-refractivity contribution < 1.29 is 0 Å². The highest BCUT2D eigenvalue weighted by molar-refractivity contribution is 6.31. The van der Waals surface area contributed by atoms with Crippen LogP contribution in [-0.4, -0.2) is 28.0 Å². The molecule has 1 aliphatic rings. The molecule has 2 aromatic heterocycles. The van der Waals surface area contributed by atoms with Crippen LogP contribution in [0.15, 0.2) is 60.9 Å². The minimum atomic E-state index is -0.198. The standard InChI is InChI=1S/C20H19ClN4/c21-16-6-2-1-5-15(16)20(9-13-22-14-10-20)18-8-12-24-19(25-18)17-7-3-4-11-23-17/h1-8,11-12,22H,9-10,13-14H2. The minimum absolute atomic E-state index is 0.198. The molecule has 25 heavy (non-hydrogen) atoms. The molecule has 3 heterocycles. The number of hydrogen-bond acceptors (Lipinski definition) is 4. The van der Waals surface area contributed by atoms with Gasteiger partial charge in [0.25, 0.3) is 0 Å². The van der Waals surface area contributed by atoms with Gasteiger partial charge in [-0.3, -0.25) is 4.98 Å². The first-order valence-electron chi connectivity index (χ1n) is 8.50. The monoisotopic (exact) mass is 350 g/mol. The summed E-state index contributed by atoms with van der Waals surface area (Å²) in [5, 5.41) is 4.24. The average molecular weight is 351 g/mol. The summed E-state index contributed by atoms with van der Waals surface area (Å²) in [5.41, 5.74) is 2.74. The van der Waals surface area contributed by atoms with Gasteiger partial charge in [0, 0.05) is 22.8 Å². The van der Waals surface area contributed by atoms with Crippen molar-refractivity contribution in [1.82, 2.24) is 20.3 Å². The van der Waals surface area contributed by atoms with Gasteiger partial charge in [0.15, 0.2) is 5.82 Å². The maximum absolute atomic E-state index is 6.58. The fourth-order valence-corrected chi connectivity index (χ4v) is 3.93. The van der Waals surface area contributed by atoms with Crippen molar-refractivity contribution in [2.24, 2.45) is 0 Å². The molecule has 0 atom stereocenters. The van der Waals surface area contributed by atoms with Crippen LogP contribution < -0.4 is 5.32 Å². The van der Waals surface area contributed by atoms with Crippen LogP contribution >= 0.6 is 11.6 Å². The zero-order valence-corrected chi connectivity index (χ0v) is 14.6. The van der Waals surface area contributed by atoms with Gasteiger partial charge < -0.3 is 5.32 Å². The van der Waals surface area contributed by atoms with Gasteiger partial charge in [-0.2, -0.15) is 0 Å². The molecule has 5 heteroatoms. The van der Waals surface area contributed by atoms with Crippen LogP contribution in [0.1, 0.15) is 24.1 Å². The third-order valence-corrected chi connectivity index (χ3v) is 5.22. The Morgan fingerprint density at radius 1 is 0.880 bits per heavy atom. The smallest absolute Gasteiger partial charge is 0.178 e. The number of nitrogens with one attached hydrogen (secondary N) is 1. The van der Waals surface area contributed by atoms with E-state index in [1.165, 1.54) is 0 Å². The van der Waals surface area contributed by atoms with E-state index >= 15 is 0 Å². The van der Waals surface area contributed by atoms with E-state index in [-0.39, 0.29) is 5.41 Å². The molecule has 4 rings (SSSR count). The van der Waals surface area contributed by atoms with Crippen LogP contribution in [0.3, 0.4) is 0 Å². The summed E-state index contributed by atoms with van der Waals surface area (Å²) < 4.78 is 0. The molecule has 0 unspecified atom stereocenters. The molecule has 1 aromatic carbocycles. The zero-order valence-electron chi connectivity index (χ0n) is 13.8. The Morgan fingerprint density at radius 2 is 1.68 bits per heavy atom. The highest BCUT2D eigenvalue weighted by Gasteiger charge is 2.38. The largest absolute Gasteiger partial charge is 0.317 e. The number of aromatic nitrogens is 3. The highest BCUT2D eigenvalue weighted by Crippen LogP contribution is 2.42. The fraction of sp³-hybridized carbons (Fsp3) is 0.250. The van der Waals surface area contributed by atoms with Gasteiger partial charge in [0.2, 0.25) is 0 Å².